The lowest BCUT2D eigenvalue weighted by atomic mass is 10.0. The van der Waals surface area contributed by atoms with Crippen LogP contribution < -0.4 is 5.32 Å². The van der Waals surface area contributed by atoms with Crippen LogP contribution in [0.1, 0.15) is 39.7 Å². The maximum absolute atomic E-state index is 12.7. The van der Waals surface area contributed by atoms with E-state index in [2.05, 4.69) is 5.32 Å². The highest BCUT2D eigenvalue weighted by Crippen LogP contribution is 2.13. The van der Waals surface area contributed by atoms with Crippen molar-refractivity contribution in [1.29, 1.82) is 0 Å². The Morgan fingerprint density at radius 2 is 1.74 bits per heavy atom. The van der Waals surface area contributed by atoms with Gasteiger partial charge in [0.2, 0.25) is 5.91 Å². The number of ether oxygens (including phenoxy) is 1. The van der Waals surface area contributed by atoms with Gasteiger partial charge in [-0.15, -0.1) is 0 Å². The van der Waals surface area contributed by atoms with Crippen LogP contribution in [0, 0.1) is 5.92 Å². The van der Waals surface area contributed by atoms with Gasteiger partial charge < -0.3 is 15.2 Å². The molecule has 0 bridgehead atoms. The lowest BCUT2D eigenvalue weighted by Crippen LogP contribution is -2.55. The van der Waals surface area contributed by atoms with E-state index in [1.807, 2.05) is 44.2 Å². The molecule has 7 nitrogen and oxygen atoms in total. The second-order valence-electron chi connectivity index (χ2n) is 7.13. The molecule has 0 aliphatic rings. The summed E-state index contributed by atoms with van der Waals surface area (Å²) in [5, 5.41) is 12.3. The Kier molecular flexibility index (Phi) is 8.94. The number of rotatable bonds is 9. The third kappa shape index (κ3) is 7.38. The molecule has 3 atom stereocenters. The van der Waals surface area contributed by atoms with E-state index in [4.69, 9.17) is 4.74 Å². The van der Waals surface area contributed by atoms with Crippen LogP contribution in [0.15, 0.2) is 30.3 Å². The number of nitrogens with one attached hydrogen (secondary N) is 1. The third-order valence-corrected chi connectivity index (χ3v) is 4.18. The molecular weight excluding hydrogens is 348 g/mol. The summed E-state index contributed by atoms with van der Waals surface area (Å²) in [6.07, 6.45) is -1.26. The Morgan fingerprint density at radius 3 is 2.22 bits per heavy atom. The fourth-order valence-corrected chi connectivity index (χ4v) is 2.65. The quantitative estimate of drug-likeness (QED) is 0.686. The van der Waals surface area contributed by atoms with Crippen LogP contribution in [0.3, 0.4) is 0 Å². The van der Waals surface area contributed by atoms with Gasteiger partial charge in [0, 0.05) is 7.05 Å². The average Bonchev–Trinajstić information content (AvgIpc) is 2.61. The molecule has 0 heterocycles. The zero-order valence-corrected chi connectivity index (χ0v) is 16.6. The third-order valence-electron chi connectivity index (χ3n) is 4.18. The van der Waals surface area contributed by atoms with E-state index in [0.29, 0.717) is 6.42 Å². The van der Waals surface area contributed by atoms with Gasteiger partial charge >= 0.3 is 6.09 Å². The van der Waals surface area contributed by atoms with Crippen molar-refractivity contribution in [3.05, 3.63) is 35.9 Å². The van der Waals surface area contributed by atoms with Gasteiger partial charge in [0.1, 0.15) is 18.7 Å². The Labute approximate surface area is 160 Å². The molecule has 27 heavy (non-hydrogen) atoms. The van der Waals surface area contributed by atoms with Gasteiger partial charge in [-0.2, -0.15) is 0 Å². The van der Waals surface area contributed by atoms with E-state index in [0.717, 1.165) is 5.56 Å². The van der Waals surface area contributed by atoms with Crippen LogP contribution in [0.5, 0.6) is 0 Å². The Hall–Kier alpha value is -2.41. The number of nitrogens with zero attached hydrogens (tertiary/aromatic N) is 1. The summed E-state index contributed by atoms with van der Waals surface area (Å²) in [6.45, 7) is 6.69. The van der Waals surface area contributed by atoms with E-state index >= 15 is 0 Å². The summed E-state index contributed by atoms with van der Waals surface area (Å²) in [4.78, 5) is 38.0. The molecule has 0 saturated carbocycles. The van der Waals surface area contributed by atoms with Crippen molar-refractivity contribution in [1.82, 2.24) is 10.2 Å². The van der Waals surface area contributed by atoms with Gasteiger partial charge in [-0.25, -0.2) is 4.79 Å². The smallest absolute Gasteiger partial charge is 0.410 e. The predicted octanol–water partition coefficient (Wildman–Crippen LogP) is 2.12. The highest BCUT2D eigenvalue weighted by molar-refractivity contribution is 5.91. The SMILES string of the molecule is CC(=O)C(NC(=O)C(CC(C)C)N(C)C(=O)OCc1ccccc1)C(C)O. The van der Waals surface area contributed by atoms with Gasteiger partial charge in [-0.1, -0.05) is 44.2 Å². The van der Waals surface area contributed by atoms with Crippen molar-refractivity contribution in [3.63, 3.8) is 0 Å². The fraction of sp³-hybridized carbons (Fsp3) is 0.550. The van der Waals surface area contributed by atoms with Crippen molar-refractivity contribution < 1.29 is 24.2 Å². The van der Waals surface area contributed by atoms with Crippen molar-refractivity contribution in [2.24, 2.45) is 5.92 Å². The minimum absolute atomic E-state index is 0.101. The second-order valence-corrected chi connectivity index (χ2v) is 7.13. The molecule has 2 amide bonds. The summed E-state index contributed by atoms with van der Waals surface area (Å²) in [5.41, 5.74) is 0.842. The van der Waals surface area contributed by atoms with E-state index in [-0.39, 0.29) is 18.3 Å². The summed E-state index contributed by atoms with van der Waals surface area (Å²) in [7, 11) is 1.49. The number of benzene rings is 1. The van der Waals surface area contributed by atoms with Crippen molar-refractivity contribution >= 4 is 17.8 Å². The predicted molar refractivity (Wildman–Crippen MR) is 102 cm³/mol. The van der Waals surface area contributed by atoms with Crippen LogP contribution in [0.4, 0.5) is 4.79 Å². The number of aliphatic hydroxyl groups excluding tert-OH is 1. The first-order chi connectivity index (χ1) is 12.6. The lowest BCUT2D eigenvalue weighted by molar-refractivity contribution is -0.132. The number of Topliss-reactive ketones (excluding diaryl/α,β-unsaturated/α-hetero) is 1. The largest absolute Gasteiger partial charge is 0.445 e. The number of likely N-dealkylation sites (N-methyl/N-ethyl adjacent to an activating group) is 1. The van der Waals surface area contributed by atoms with Crippen LogP contribution in [0.25, 0.3) is 0 Å². The molecule has 0 aromatic heterocycles. The minimum atomic E-state index is -1.03. The molecule has 1 aromatic carbocycles. The van der Waals surface area contributed by atoms with Crippen molar-refractivity contribution in [2.75, 3.05) is 7.05 Å². The highest BCUT2D eigenvalue weighted by Gasteiger charge is 2.32. The topological polar surface area (TPSA) is 95.9 Å². The summed E-state index contributed by atoms with van der Waals surface area (Å²) >= 11 is 0. The standard InChI is InChI=1S/C20H30N2O5/c1-13(2)11-17(19(25)21-18(14(3)23)15(4)24)22(5)20(26)27-12-16-9-7-6-8-10-16/h6-10,13-14,17-18,23H,11-12H2,1-5H3,(H,21,25). The maximum Gasteiger partial charge on any atom is 0.410 e. The molecule has 0 spiro atoms. The van der Waals surface area contributed by atoms with Crippen LogP contribution in [-0.4, -0.2) is 53.0 Å². The molecule has 3 unspecified atom stereocenters. The van der Waals surface area contributed by atoms with Gasteiger partial charge in [-0.05, 0) is 31.7 Å². The summed E-state index contributed by atoms with van der Waals surface area (Å²) < 4.78 is 5.29. The first-order valence-corrected chi connectivity index (χ1v) is 9.05. The highest BCUT2D eigenvalue weighted by atomic mass is 16.6. The molecule has 0 saturated heterocycles. The molecule has 0 fully saturated rings. The maximum atomic E-state index is 12.7. The van der Waals surface area contributed by atoms with Crippen molar-refractivity contribution in [3.8, 4) is 0 Å². The van der Waals surface area contributed by atoms with E-state index < -0.39 is 30.2 Å². The molecule has 150 valence electrons. The zero-order valence-electron chi connectivity index (χ0n) is 16.6. The number of amides is 2. The minimum Gasteiger partial charge on any atom is -0.445 e. The number of carbonyl (C=O) groups is 3. The van der Waals surface area contributed by atoms with Crippen molar-refractivity contribution in [2.45, 2.75) is 58.9 Å². The Balaban J connectivity index is 2.82. The first kappa shape index (κ1) is 22.6. The molecule has 1 aromatic rings. The monoisotopic (exact) mass is 378 g/mol. The normalized spacial score (nSPS) is 14.2. The van der Waals surface area contributed by atoms with E-state index in [1.54, 1.807) is 0 Å². The fourth-order valence-electron chi connectivity index (χ4n) is 2.65. The molecule has 0 radical (unpaired) electrons. The molecule has 0 aliphatic carbocycles. The summed E-state index contributed by atoms with van der Waals surface area (Å²) in [5.74, 6) is -0.715. The van der Waals surface area contributed by atoms with Gasteiger partial charge in [0.15, 0.2) is 5.78 Å². The van der Waals surface area contributed by atoms with Crippen LogP contribution >= 0.6 is 0 Å². The molecule has 0 aliphatic heterocycles. The number of hydrogen-bond donors (Lipinski definition) is 2. The Morgan fingerprint density at radius 1 is 1.15 bits per heavy atom. The number of ketones is 1. The average molecular weight is 378 g/mol. The zero-order chi connectivity index (χ0) is 20.6. The molecular formula is C20H30N2O5. The second kappa shape index (κ2) is 10.7. The van der Waals surface area contributed by atoms with Gasteiger partial charge in [-0.3, -0.25) is 14.5 Å². The van der Waals surface area contributed by atoms with E-state index in [1.165, 1.54) is 25.8 Å². The van der Waals surface area contributed by atoms with Crippen LogP contribution in [-0.2, 0) is 20.9 Å². The van der Waals surface area contributed by atoms with Gasteiger partial charge in [0.05, 0.1) is 6.10 Å². The number of aliphatic hydroxyl groups is 1. The van der Waals surface area contributed by atoms with Crippen LogP contribution in [0.2, 0.25) is 0 Å². The summed E-state index contributed by atoms with van der Waals surface area (Å²) in [6, 6.07) is 7.42. The number of carbonyl (C=O) groups excluding carboxylic acids is 3. The number of hydrogen-bond acceptors (Lipinski definition) is 5. The Bertz CT molecular complexity index is 631. The molecule has 7 heteroatoms. The van der Waals surface area contributed by atoms with E-state index in [9.17, 15) is 19.5 Å². The van der Waals surface area contributed by atoms with Gasteiger partial charge in [0.25, 0.3) is 0 Å². The molecule has 2 N–H and O–H groups in total. The lowest BCUT2D eigenvalue weighted by Gasteiger charge is -2.30. The molecule has 1 rings (SSSR count). The first-order valence-electron chi connectivity index (χ1n) is 9.05.